The largest absolute Gasteiger partial charge is 0.507 e. The average Bonchev–Trinajstić information content (AvgIpc) is 2.71. The molecule has 3 aromatic rings. The first kappa shape index (κ1) is 10.8. The number of phenols is 1. The second kappa shape index (κ2) is 3.84. The molecule has 1 aromatic heterocycles. The Balaban J connectivity index is 2.26. The summed E-state index contributed by atoms with van der Waals surface area (Å²) in [5.74, 6) is -0.275. The Bertz CT molecular complexity index is 713. The molecule has 0 radical (unpaired) electrons. The van der Waals surface area contributed by atoms with Crippen molar-refractivity contribution in [2.45, 2.75) is 6.92 Å². The minimum atomic E-state index is -0.495. The summed E-state index contributed by atoms with van der Waals surface area (Å²) in [6.45, 7) is 1.97. The number of H-pyrrole nitrogens is 1. The normalized spacial score (nSPS) is 11.0. The Morgan fingerprint density at radius 2 is 2.06 bits per heavy atom. The molecule has 4 heteroatoms. The molecule has 0 aliphatic rings. The van der Waals surface area contributed by atoms with Gasteiger partial charge in [0.2, 0.25) is 0 Å². The molecule has 0 spiro atoms. The van der Waals surface area contributed by atoms with E-state index in [2.05, 4.69) is 9.97 Å². The lowest BCUT2D eigenvalue weighted by Crippen LogP contribution is -1.86. The minimum absolute atomic E-state index is 0.103. The summed E-state index contributed by atoms with van der Waals surface area (Å²) in [6, 6.07) is 9.94. The van der Waals surface area contributed by atoms with Crippen molar-refractivity contribution >= 4 is 11.0 Å². The highest BCUT2D eigenvalue weighted by Crippen LogP contribution is 2.30. The summed E-state index contributed by atoms with van der Waals surface area (Å²) in [4.78, 5) is 7.31. The molecular formula is C14H11FN2O. The van der Waals surface area contributed by atoms with Crippen LogP contribution in [0.5, 0.6) is 5.75 Å². The highest BCUT2D eigenvalue weighted by atomic mass is 19.1. The van der Waals surface area contributed by atoms with E-state index in [1.807, 2.05) is 25.1 Å². The van der Waals surface area contributed by atoms with Crippen LogP contribution in [0.3, 0.4) is 0 Å². The maximum atomic E-state index is 13.7. The minimum Gasteiger partial charge on any atom is -0.507 e. The van der Waals surface area contributed by atoms with Crippen molar-refractivity contribution in [3.63, 3.8) is 0 Å². The Morgan fingerprint density at radius 1 is 1.22 bits per heavy atom. The number of hydrogen-bond acceptors (Lipinski definition) is 2. The molecular weight excluding hydrogens is 231 g/mol. The second-order valence-corrected chi connectivity index (χ2v) is 4.24. The van der Waals surface area contributed by atoms with Crippen LogP contribution in [-0.2, 0) is 0 Å². The number of halogens is 1. The van der Waals surface area contributed by atoms with Gasteiger partial charge < -0.3 is 10.1 Å². The highest BCUT2D eigenvalue weighted by molar-refractivity contribution is 5.81. The Kier molecular flexibility index (Phi) is 2.30. The number of aromatic amines is 1. The number of nitrogens with one attached hydrogen (secondary N) is 1. The summed E-state index contributed by atoms with van der Waals surface area (Å²) < 4.78 is 13.7. The molecule has 0 aliphatic heterocycles. The third kappa shape index (κ3) is 1.62. The van der Waals surface area contributed by atoms with E-state index in [1.165, 1.54) is 18.2 Å². The number of hydrogen-bond donors (Lipinski definition) is 2. The van der Waals surface area contributed by atoms with Crippen LogP contribution in [-0.4, -0.2) is 15.1 Å². The average molecular weight is 242 g/mol. The van der Waals surface area contributed by atoms with Crippen molar-refractivity contribution < 1.29 is 9.50 Å². The predicted octanol–water partition coefficient (Wildman–Crippen LogP) is 3.38. The number of fused-ring (bicyclic) bond motifs is 1. The molecule has 0 amide bonds. The van der Waals surface area contributed by atoms with Crippen molar-refractivity contribution in [3.05, 3.63) is 47.8 Å². The first-order valence-corrected chi connectivity index (χ1v) is 5.59. The lowest BCUT2D eigenvalue weighted by molar-refractivity contribution is 0.471. The summed E-state index contributed by atoms with van der Waals surface area (Å²) in [6.07, 6.45) is 0. The Labute approximate surface area is 103 Å². The van der Waals surface area contributed by atoms with E-state index in [1.54, 1.807) is 0 Å². The number of aromatic nitrogens is 2. The van der Waals surface area contributed by atoms with Gasteiger partial charge in [-0.2, -0.15) is 0 Å². The van der Waals surface area contributed by atoms with E-state index in [0.717, 1.165) is 16.6 Å². The van der Waals surface area contributed by atoms with Crippen molar-refractivity contribution in [3.8, 4) is 17.1 Å². The molecule has 2 aromatic carbocycles. The van der Waals surface area contributed by atoms with Gasteiger partial charge in [0.25, 0.3) is 0 Å². The summed E-state index contributed by atoms with van der Waals surface area (Å²) in [7, 11) is 0. The van der Waals surface area contributed by atoms with Gasteiger partial charge in [-0.1, -0.05) is 12.1 Å². The van der Waals surface area contributed by atoms with Crippen molar-refractivity contribution in [1.29, 1.82) is 0 Å². The lowest BCUT2D eigenvalue weighted by atomic mass is 10.2. The molecule has 0 saturated carbocycles. The SMILES string of the molecule is Cc1ccc2nc(-c3c(O)cccc3F)[nH]c2c1. The van der Waals surface area contributed by atoms with Crippen LogP contribution in [0, 0.1) is 12.7 Å². The molecule has 3 nitrogen and oxygen atoms in total. The Morgan fingerprint density at radius 3 is 2.83 bits per heavy atom. The molecule has 3 rings (SSSR count). The molecule has 90 valence electrons. The number of nitrogens with zero attached hydrogens (tertiary/aromatic N) is 1. The van der Waals surface area contributed by atoms with Gasteiger partial charge in [0, 0.05) is 0 Å². The van der Waals surface area contributed by atoms with Gasteiger partial charge in [0.05, 0.1) is 16.6 Å². The zero-order chi connectivity index (χ0) is 12.7. The third-order valence-corrected chi connectivity index (χ3v) is 2.87. The van der Waals surface area contributed by atoms with Gasteiger partial charge in [-0.05, 0) is 36.8 Å². The monoisotopic (exact) mass is 242 g/mol. The quantitative estimate of drug-likeness (QED) is 0.687. The van der Waals surface area contributed by atoms with Gasteiger partial charge in [-0.3, -0.25) is 0 Å². The number of benzene rings is 2. The first-order valence-electron chi connectivity index (χ1n) is 5.59. The van der Waals surface area contributed by atoms with Crippen LogP contribution in [0.4, 0.5) is 4.39 Å². The van der Waals surface area contributed by atoms with Crippen LogP contribution >= 0.6 is 0 Å². The van der Waals surface area contributed by atoms with Crippen LogP contribution in [0.1, 0.15) is 5.56 Å². The molecule has 18 heavy (non-hydrogen) atoms. The van der Waals surface area contributed by atoms with Crippen LogP contribution in [0.15, 0.2) is 36.4 Å². The molecule has 0 saturated heterocycles. The van der Waals surface area contributed by atoms with Gasteiger partial charge in [-0.15, -0.1) is 0 Å². The fourth-order valence-corrected chi connectivity index (χ4v) is 1.99. The predicted molar refractivity (Wildman–Crippen MR) is 67.9 cm³/mol. The highest BCUT2D eigenvalue weighted by Gasteiger charge is 2.14. The molecule has 0 unspecified atom stereocenters. The molecule has 0 aliphatic carbocycles. The third-order valence-electron chi connectivity index (χ3n) is 2.87. The smallest absolute Gasteiger partial charge is 0.145 e. The molecule has 0 atom stereocenters. The van der Waals surface area contributed by atoms with Crippen LogP contribution < -0.4 is 0 Å². The summed E-state index contributed by atoms with van der Waals surface area (Å²) in [5, 5.41) is 9.72. The van der Waals surface area contributed by atoms with Crippen molar-refractivity contribution in [2.24, 2.45) is 0 Å². The molecule has 1 heterocycles. The van der Waals surface area contributed by atoms with Crippen LogP contribution in [0.25, 0.3) is 22.4 Å². The van der Waals surface area contributed by atoms with Gasteiger partial charge in [0.15, 0.2) is 0 Å². The number of aryl methyl sites for hydroxylation is 1. The summed E-state index contributed by atoms with van der Waals surface area (Å²) >= 11 is 0. The maximum Gasteiger partial charge on any atom is 0.145 e. The second-order valence-electron chi connectivity index (χ2n) is 4.24. The van der Waals surface area contributed by atoms with Crippen molar-refractivity contribution in [2.75, 3.05) is 0 Å². The molecule has 0 fully saturated rings. The maximum absolute atomic E-state index is 13.7. The zero-order valence-corrected chi connectivity index (χ0v) is 9.74. The van der Waals surface area contributed by atoms with E-state index < -0.39 is 5.82 Å². The lowest BCUT2D eigenvalue weighted by Gasteiger charge is -2.01. The molecule has 0 bridgehead atoms. The van der Waals surface area contributed by atoms with E-state index in [9.17, 15) is 9.50 Å². The molecule has 2 N–H and O–H groups in total. The fourth-order valence-electron chi connectivity index (χ4n) is 1.99. The van der Waals surface area contributed by atoms with E-state index >= 15 is 0 Å². The van der Waals surface area contributed by atoms with Crippen LogP contribution in [0.2, 0.25) is 0 Å². The fraction of sp³-hybridized carbons (Fsp3) is 0.0714. The van der Waals surface area contributed by atoms with Gasteiger partial charge in [-0.25, -0.2) is 9.37 Å². The number of rotatable bonds is 1. The topological polar surface area (TPSA) is 48.9 Å². The first-order chi connectivity index (χ1) is 8.65. The van der Waals surface area contributed by atoms with Gasteiger partial charge in [0.1, 0.15) is 17.4 Å². The summed E-state index contributed by atoms with van der Waals surface area (Å²) in [5.41, 5.74) is 2.77. The number of imidazole rings is 1. The van der Waals surface area contributed by atoms with E-state index in [4.69, 9.17) is 0 Å². The van der Waals surface area contributed by atoms with E-state index in [-0.39, 0.29) is 11.3 Å². The number of phenolic OH excluding ortho intramolecular Hbond substituents is 1. The standard InChI is InChI=1S/C14H11FN2O/c1-8-5-6-10-11(7-8)17-14(16-10)13-9(15)3-2-4-12(13)18/h2-7,18H,1H3,(H,16,17). The van der Waals surface area contributed by atoms with Crippen molar-refractivity contribution in [1.82, 2.24) is 9.97 Å². The van der Waals surface area contributed by atoms with E-state index in [0.29, 0.717) is 5.82 Å². The Hall–Kier alpha value is -2.36. The zero-order valence-electron chi connectivity index (χ0n) is 9.74. The number of aromatic hydroxyl groups is 1. The van der Waals surface area contributed by atoms with Gasteiger partial charge >= 0.3 is 0 Å².